The van der Waals surface area contributed by atoms with Gasteiger partial charge in [-0.1, -0.05) is 44.0 Å². The summed E-state index contributed by atoms with van der Waals surface area (Å²) in [5, 5.41) is 9.38. The number of nitrogens with zero attached hydrogens (tertiary/aromatic N) is 1. The van der Waals surface area contributed by atoms with Gasteiger partial charge in [0.05, 0.1) is 18.6 Å². The first kappa shape index (κ1) is 20.5. The molecule has 0 radical (unpaired) electrons. The predicted octanol–water partition coefficient (Wildman–Crippen LogP) is 4.60. The molecule has 0 N–H and O–H groups in total. The number of allylic oxidation sites excluding steroid dienone is 1. The van der Waals surface area contributed by atoms with Gasteiger partial charge in [0.1, 0.15) is 11.0 Å². The Kier molecular flexibility index (Phi) is 7.44. The van der Waals surface area contributed by atoms with Crippen LogP contribution >= 0.6 is 0 Å². The van der Waals surface area contributed by atoms with Crippen LogP contribution in [0.25, 0.3) is 6.08 Å². The average molecular weight is 385 g/mol. The summed E-state index contributed by atoms with van der Waals surface area (Å²) in [6.07, 6.45) is 4.49. The molecule has 5 nitrogen and oxygen atoms in total. The zero-order valence-electron chi connectivity index (χ0n) is 15.5. The zero-order valence-corrected chi connectivity index (χ0v) is 16.3. The second-order valence-corrected chi connectivity index (χ2v) is 7.82. The van der Waals surface area contributed by atoms with Crippen molar-refractivity contribution in [1.29, 1.82) is 5.26 Å². The van der Waals surface area contributed by atoms with Gasteiger partial charge in [-0.05, 0) is 42.3 Å². The summed E-state index contributed by atoms with van der Waals surface area (Å²) < 4.78 is 36.4. The Hall–Kier alpha value is -2.78. The smallest absolute Gasteiger partial charge is 0.216 e. The van der Waals surface area contributed by atoms with Gasteiger partial charge in [0.15, 0.2) is 11.5 Å². The maximum atomic E-state index is 12.6. The molecule has 0 aliphatic heterocycles. The van der Waals surface area contributed by atoms with E-state index in [0.717, 1.165) is 19.3 Å². The third-order valence-electron chi connectivity index (χ3n) is 3.94. The highest BCUT2D eigenvalue weighted by Crippen LogP contribution is 2.30. The molecule has 0 spiro atoms. The van der Waals surface area contributed by atoms with Crippen molar-refractivity contribution in [3.63, 3.8) is 0 Å². The third kappa shape index (κ3) is 5.35. The maximum Gasteiger partial charge on any atom is 0.216 e. The lowest BCUT2D eigenvalue weighted by Gasteiger charge is -2.11. The molecule has 27 heavy (non-hydrogen) atoms. The van der Waals surface area contributed by atoms with E-state index in [-0.39, 0.29) is 9.80 Å². The van der Waals surface area contributed by atoms with Gasteiger partial charge < -0.3 is 9.47 Å². The van der Waals surface area contributed by atoms with E-state index in [2.05, 4.69) is 6.92 Å². The van der Waals surface area contributed by atoms with Crippen molar-refractivity contribution in [1.82, 2.24) is 0 Å². The molecule has 0 aliphatic carbocycles. The molecule has 0 amide bonds. The van der Waals surface area contributed by atoms with E-state index in [1.54, 1.807) is 42.5 Å². The lowest BCUT2D eigenvalue weighted by Crippen LogP contribution is -2.03. The number of methoxy groups -OCH3 is 1. The van der Waals surface area contributed by atoms with Crippen LogP contribution in [0.5, 0.6) is 11.5 Å². The van der Waals surface area contributed by atoms with Crippen LogP contribution in [0.4, 0.5) is 0 Å². The van der Waals surface area contributed by atoms with E-state index in [0.29, 0.717) is 23.7 Å². The number of hydrogen-bond donors (Lipinski definition) is 0. The van der Waals surface area contributed by atoms with Crippen LogP contribution in [-0.4, -0.2) is 22.1 Å². The molecule has 0 heterocycles. The fourth-order valence-electron chi connectivity index (χ4n) is 2.48. The first-order chi connectivity index (χ1) is 13.0. The Labute approximate surface area is 160 Å². The fraction of sp³-hybridized carbons (Fsp3) is 0.286. The Morgan fingerprint density at radius 2 is 1.85 bits per heavy atom. The molecule has 142 valence electrons. The zero-order chi connectivity index (χ0) is 19.7. The monoisotopic (exact) mass is 385 g/mol. The van der Waals surface area contributed by atoms with Crippen LogP contribution in [0.3, 0.4) is 0 Å². The molecule has 0 atom stereocenters. The molecule has 6 heteroatoms. The van der Waals surface area contributed by atoms with Crippen LogP contribution in [-0.2, 0) is 9.84 Å². The molecule has 0 unspecified atom stereocenters. The molecule has 0 fully saturated rings. The van der Waals surface area contributed by atoms with E-state index < -0.39 is 9.84 Å². The molecule has 0 aromatic heterocycles. The lowest BCUT2D eigenvalue weighted by molar-refractivity contribution is 0.286. The average Bonchev–Trinajstić information content (AvgIpc) is 2.70. The molecule has 0 aliphatic rings. The third-order valence-corrected chi connectivity index (χ3v) is 5.63. The molecule has 0 bridgehead atoms. The fourth-order valence-corrected chi connectivity index (χ4v) is 3.66. The summed E-state index contributed by atoms with van der Waals surface area (Å²) in [6.45, 7) is 2.71. The van der Waals surface area contributed by atoms with Crippen molar-refractivity contribution in [2.24, 2.45) is 0 Å². The number of rotatable bonds is 9. The maximum absolute atomic E-state index is 12.6. The van der Waals surface area contributed by atoms with Crippen LogP contribution in [0.1, 0.15) is 31.7 Å². The molecular weight excluding hydrogens is 362 g/mol. The lowest BCUT2D eigenvalue weighted by atomic mass is 10.2. The highest BCUT2D eigenvalue weighted by atomic mass is 32.2. The normalized spacial score (nSPS) is 11.7. The highest BCUT2D eigenvalue weighted by Gasteiger charge is 2.20. The standard InChI is InChI=1S/C21H23NO4S/c1-3-4-8-13-26-20-12-11-17(15-21(20)25-2)14-19(16-22)27(23,24)18-9-6-5-7-10-18/h5-7,9-12,14-15H,3-4,8,13H2,1-2H3. The van der Waals surface area contributed by atoms with E-state index >= 15 is 0 Å². The van der Waals surface area contributed by atoms with Crippen molar-refractivity contribution in [2.45, 2.75) is 31.1 Å². The van der Waals surface area contributed by atoms with Gasteiger partial charge in [0.25, 0.3) is 0 Å². The van der Waals surface area contributed by atoms with E-state index in [1.807, 2.05) is 0 Å². The van der Waals surface area contributed by atoms with E-state index in [9.17, 15) is 13.7 Å². The molecule has 2 rings (SSSR count). The number of nitriles is 1. The number of sulfone groups is 1. The van der Waals surface area contributed by atoms with Gasteiger partial charge in [-0.2, -0.15) is 5.26 Å². The van der Waals surface area contributed by atoms with Crippen LogP contribution in [0, 0.1) is 11.3 Å². The van der Waals surface area contributed by atoms with Crippen LogP contribution in [0.15, 0.2) is 58.3 Å². The highest BCUT2D eigenvalue weighted by molar-refractivity contribution is 7.95. The first-order valence-corrected chi connectivity index (χ1v) is 10.2. The first-order valence-electron chi connectivity index (χ1n) is 8.75. The summed E-state index contributed by atoms with van der Waals surface area (Å²) >= 11 is 0. The number of unbranched alkanes of at least 4 members (excludes halogenated alkanes) is 2. The number of benzene rings is 2. The largest absolute Gasteiger partial charge is 0.493 e. The molecular formula is C21H23NO4S. The molecule has 2 aromatic rings. The Bertz CT molecular complexity index is 928. The minimum absolute atomic E-state index is 0.0839. The summed E-state index contributed by atoms with van der Waals surface area (Å²) in [6, 6.07) is 14.8. The van der Waals surface area contributed by atoms with Gasteiger partial charge in [-0.25, -0.2) is 8.42 Å². The van der Waals surface area contributed by atoms with Gasteiger partial charge in [-0.15, -0.1) is 0 Å². The number of hydrogen-bond acceptors (Lipinski definition) is 5. The topological polar surface area (TPSA) is 76.4 Å². The summed E-state index contributed by atoms with van der Waals surface area (Å²) in [5.74, 6) is 1.09. The van der Waals surface area contributed by atoms with Crippen LogP contribution in [0.2, 0.25) is 0 Å². The van der Waals surface area contributed by atoms with Crippen molar-refractivity contribution in [2.75, 3.05) is 13.7 Å². The van der Waals surface area contributed by atoms with E-state index in [4.69, 9.17) is 9.47 Å². The summed E-state index contributed by atoms with van der Waals surface area (Å²) in [5.41, 5.74) is 0.545. The van der Waals surface area contributed by atoms with Crippen molar-refractivity contribution >= 4 is 15.9 Å². The Balaban J connectivity index is 2.30. The minimum Gasteiger partial charge on any atom is -0.493 e. The van der Waals surface area contributed by atoms with E-state index in [1.165, 1.54) is 25.3 Å². The number of ether oxygens (including phenoxy) is 2. The minimum atomic E-state index is -3.87. The summed E-state index contributed by atoms with van der Waals surface area (Å²) in [4.78, 5) is -0.243. The molecule has 2 aromatic carbocycles. The van der Waals surface area contributed by atoms with Crippen molar-refractivity contribution in [3.8, 4) is 17.6 Å². The Morgan fingerprint density at radius 1 is 1.11 bits per heavy atom. The second-order valence-electron chi connectivity index (χ2n) is 5.90. The molecule has 0 saturated heterocycles. The quantitative estimate of drug-likeness (QED) is 0.466. The second kappa shape index (κ2) is 9.79. The molecule has 0 saturated carbocycles. The summed E-state index contributed by atoms with van der Waals surface area (Å²) in [7, 11) is -2.35. The van der Waals surface area contributed by atoms with Crippen molar-refractivity contribution < 1.29 is 17.9 Å². The van der Waals surface area contributed by atoms with Gasteiger partial charge >= 0.3 is 0 Å². The van der Waals surface area contributed by atoms with Crippen LogP contribution < -0.4 is 9.47 Å². The van der Waals surface area contributed by atoms with Gasteiger partial charge in [0, 0.05) is 0 Å². The predicted molar refractivity (Wildman–Crippen MR) is 105 cm³/mol. The van der Waals surface area contributed by atoms with Gasteiger partial charge in [-0.3, -0.25) is 0 Å². The SMILES string of the molecule is CCCCCOc1ccc(C=C(C#N)S(=O)(=O)c2ccccc2)cc1OC. The van der Waals surface area contributed by atoms with Crippen molar-refractivity contribution in [3.05, 3.63) is 59.0 Å². The van der Waals surface area contributed by atoms with Gasteiger partial charge in [0.2, 0.25) is 9.84 Å². The Morgan fingerprint density at radius 3 is 2.48 bits per heavy atom.